The molecule has 0 aliphatic rings. The molecule has 9 heteroatoms. The molecular weight excluding hydrogens is 328 g/mol. The van der Waals surface area contributed by atoms with Gasteiger partial charge in [-0.3, -0.25) is 4.79 Å². The molecular formula is C14H15F2N3O3S. The molecule has 0 radical (unpaired) electrons. The Balaban J connectivity index is 2.21. The van der Waals surface area contributed by atoms with Crippen LogP contribution in [0.4, 0.5) is 8.78 Å². The van der Waals surface area contributed by atoms with Gasteiger partial charge in [-0.2, -0.15) is 16.9 Å². The summed E-state index contributed by atoms with van der Waals surface area (Å²) in [6, 6.07) is 2.94. The average Bonchev–Trinajstić information content (AvgIpc) is 2.96. The maximum absolute atomic E-state index is 14.1. The minimum atomic E-state index is -1.67. The number of aromatic nitrogens is 3. The van der Waals surface area contributed by atoms with E-state index in [0.717, 1.165) is 6.07 Å². The normalized spacial score (nSPS) is 13.7. The first-order valence-corrected chi connectivity index (χ1v) is 7.86. The van der Waals surface area contributed by atoms with Gasteiger partial charge in [0, 0.05) is 23.1 Å². The maximum Gasteiger partial charge on any atom is 0.304 e. The molecule has 0 bridgehead atoms. The molecule has 1 unspecified atom stereocenters. The van der Waals surface area contributed by atoms with Crippen LogP contribution in [0.3, 0.4) is 0 Å². The molecule has 0 saturated carbocycles. The second kappa shape index (κ2) is 7.51. The van der Waals surface area contributed by atoms with Crippen molar-refractivity contribution in [2.75, 3.05) is 11.5 Å². The van der Waals surface area contributed by atoms with E-state index in [9.17, 15) is 18.7 Å². The summed E-state index contributed by atoms with van der Waals surface area (Å²) in [6.07, 6.45) is 2.57. The van der Waals surface area contributed by atoms with E-state index in [1.54, 1.807) is 0 Å². The zero-order valence-corrected chi connectivity index (χ0v) is 12.8. The van der Waals surface area contributed by atoms with Crippen molar-refractivity contribution >= 4 is 17.7 Å². The van der Waals surface area contributed by atoms with E-state index >= 15 is 0 Å². The monoisotopic (exact) mass is 343 g/mol. The number of carboxylic acids is 1. The Labute approximate surface area is 135 Å². The highest BCUT2D eigenvalue weighted by Gasteiger charge is 2.33. The highest BCUT2D eigenvalue weighted by atomic mass is 32.2. The molecule has 0 fully saturated rings. The predicted octanol–water partition coefficient (Wildman–Crippen LogP) is 1.65. The summed E-state index contributed by atoms with van der Waals surface area (Å²) in [5.41, 5.74) is -1.74. The lowest BCUT2D eigenvalue weighted by Gasteiger charge is -2.28. The molecule has 2 aromatic rings. The maximum atomic E-state index is 14.1. The van der Waals surface area contributed by atoms with Crippen molar-refractivity contribution in [2.45, 2.75) is 18.6 Å². The van der Waals surface area contributed by atoms with Crippen LogP contribution in [-0.2, 0) is 16.9 Å². The first-order valence-electron chi connectivity index (χ1n) is 6.70. The summed E-state index contributed by atoms with van der Waals surface area (Å²) in [5.74, 6) is -2.27. The first-order chi connectivity index (χ1) is 10.9. The van der Waals surface area contributed by atoms with Crippen molar-refractivity contribution in [3.63, 3.8) is 0 Å². The van der Waals surface area contributed by atoms with Crippen LogP contribution in [0.2, 0.25) is 0 Å². The molecule has 0 aliphatic heterocycles. The van der Waals surface area contributed by atoms with Gasteiger partial charge in [0.2, 0.25) is 0 Å². The molecule has 0 amide bonds. The Bertz CT molecular complexity index is 669. The Morgan fingerprint density at radius 1 is 1.39 bits per heavy atom. The average molecular weight is 343 g/mol. The van der Waals surface area contributed by atoms with E-state index in [0.29, 0.717) is 6.07 Å². The number of carboxylic acid groups (broad SMARTS) is 1. The molecule has 23 heavy (non-hydrogen) atoms. The van der Waals surface area contributed by atoms with Crippen LogP contribution in [0.25, 0.3) is 0 Å². The zero-order chi connectivity index (χ0) is 16.9. The number of halogens is 2. The lowest BCUT2D eigenvalue weighted by molar-refractivity contribution is -0.136. The summed E-state index contributed by atoms with van der Waals surface area (Å²) in [4.78, 5) is 14.3. The number of thioether (sulfide) groups is 1. The van der Waals surface area contributed by atoms with E-state index in [1.807, 2.05) is 0 Å². The summed E-state index contributed by atoms with van der Waals surface area (Å²) in [6.45, 7) is -0.0877. The molecule has 124 valence electrons. The Morgan fingerprint density at radius 3 is 2.78 bits per heavy atom. The van der Waals surface area contributed by atoms with Crippen LogP contribution < -0.4 is 0 Å². The van der Waals surface area contributed by atoms with Crippen LogP contribution in [0.1, 0.15) is 12.0 Å². The molecule has 1 aromatic carbocycles. The summed E-state index contributed by atoms with van der Waals surface area (Å²) in [5, 5.41) is 23.4. The SMILES string of the molecule is O=C(O)CCSCC(O)(Cn1cncn1)c1ccc(F)cc1F. The van der Waals surface area contributed by atoms with Crippen LogP contribution in [-0.4, -0.2) is 42.5 Å². The minimum Gasteiger partial charge on any atom is -0.481 e. The second-order valence-electron chi connectivity index (χ2n) is 4.95. The van der Waals surface area contributed by atoms with E-state index in [1.165, 1.54) is 35.2 Å². The second-order valence-corrected chi connectivity index (χ2v) is 6.05. The van der Waals surface area contributed by atoms with E-state index in [-0.39, 0.29) is 30.0 Å². The summed E-state index contributed by atoms with van der Waals surface area (Å²) < 4.78 is 28.5. The van der Waals surface area contributed by atoms with Gasteiger partial charge in [-0.05, 0) is 6.07 Å². The summed E-state index contributed by atoms with van der Waals surface area (Å²) >= 11 is 1.17. The number of hydrogen-bond acceptors (Lipinski definition) is 5. The van der Waals surface area contributed by atoms with Gasteiger partial charge < -0.3 is 10.2 Å². The van der Waals surface area contributed by atoms with Crippen molar-refractivity contribution in [3.8, 4) is 0 Å². The highest BCUT2D eigenvalue weighted by molar-refractivity contribution is 7.99. The van der Waals surface area contributed by atoms with Gasteiger partial charge >= 0.3 is 5.97 Å². The molecule has 0 saturated heterocycles. The number of rotatable bonds is 8. The van der Waals surface area contributed by atoms with Crippen molar-refractivity contribution in [2.24, 2.45) is 0 Å². The van der Waals surface area contributed by atoms with Crippen LogP contribution in [0.5, 0.6) is 0 Å². The van der Waals surface area contributed by atoms with Crippen molar-refractivity contribution in [3.05, 3.63) is 48.1 Å². The van der Waals surface area contributed by atoms with Crippen molar-refractivity contribution in [1.82, 2.24) is 14.8 Å². The van der Waals surface area contributed by atoms with Gasteiger partial charge in [-0.1, -0.05) is 6.07 Å². The third kappa shape index (κ3) is 4.73. The number of aliphatic hydroxyl groups is 1. The van der Waals surface area contributed by atoms with Crippen molar-refractivity contribution < 1.29 is 23.8 Å². The first kappa shape index (κ1) is 17.4. The smallest absolute Gasteiger partial charge is 0.304 e. The van der Waals surface area contributed by atoms with Gasteiger partial charge in [0.25, 0.3) is 0 Å². The fourth-order valence-corrected chi connectivity index (χ4v) is 3.11. The van der Waals surface area contributed by atoms with E-state index in [2.05, 4.69) is 10.1 Å². The third-order valence-corrected chi connectivity index (χ3v) is 4.30. The quantitative estimate of drug-likeness (QED) is 0.709. The molecule has 1 atom stereocenters. The third-order valence-electron chi connectivity index (χ3n) is 3.12. The standard InChI is InChI=1S/C14H15F2N3O3S/c15-10-1-2-11(12(16)5-10)14(22,6-19-9-17-8-18-19)7-23-4-3-13(20)21/h1-2,5,8-9,22H,3-4,6-7H2,(H,20,21). The van der Waals surface area contributed by atoms with E-state index < -0.39 is 23.2 Å². The minimum absolute atomic E-state index is 0.0304. The molecule has 1 heterocycles. The molecule has 0 aliphatic carbocycles. The van der Waals surface area contributed by atoms with Crippen LogP contribution >= 0.6 is 11.8 Å². The summed E-state index contributed by atoms with van der Waals surface area (Å²) in [7, 11) is 0. The van der Waals surface area contributed by atoms with Gasteiger partial charge in [0.1, 0.15) is 29.9 Å². The lowest BCUT2D eigenvalue weighted by Crippen LogP contribution is -2.35. The van der Waals surface area contributed by atoms with Crippen LogP contribution in [0.15, 0.2) is 30.9 Å². The fraction of sp³-hybridized carbons (Fsp3) is 0.357. The number of carbonyl (C=O) groups is 1. The Morgan fingerprint density at radius 2 is 2.17 bits per heavy atom. The Hall–Kier alpha value is -2.00. The number of hydrogen-bond donors (Lipinski definition) is 2. The molecule has 1 aromatic heterocycles. The number of nitrogens with zero attached hydrogens (tertiary/aromatic N) is 3. The van der Waals surface area contributed by atoms with Crippen LogP contribution in [0, 0.1) is 11.6 Å². The van der Waals surface area contributed by atoms with Crippen molar-refractivity contribution in [1.29, 1.82) is 0 Å². The largest absolute Gasteiger partial charge is 0.481 e. The van der Waals surface area contributed by atoms with E-state index in [4.69, 9.17) is 5.11 Å². The Kier molecular flexibility index (Phi) is 5.67. The zero-order valence-electron chi connectivity index (χ0n) is 12.0. The molecule has 2 N–H and O–H groups in total. The molecule has 6 nitrogen and oxygen atoms in total. The predicted molar refractivity (Wildman–Crippen MR) is 79.9 cm³/mol. The lowest BCUT2D eigenvalue weighted by atomic mass is 9.95. The molecule has 0 spiro atoms. The topological polar surface area (TPSA) is 88.2 Å². The number of aliphatic carboxylic acids is 1. The fourth-order valence-electron chi connectivity index (χ4n) is 2.06. The van der Waals surface area contributed by atoms with Gasteiger partial charge in [0.15, 0.2) is 0 Å². The highest BCUT2D eigenvalue weighted by Crippen LogP contribution is 2.30. The van der Waals surface area contributed by atoms with Gasteiger partial charge in [0.05, 0.1) is 13.0 Å². The van der Waals surface area contributed by atoms with Gasteiger partial charge in [-0.25, -0.2) is 18.4 Å². The van der Waals surface area contributed by atoms with Gasteiger partial charge in [-0.15, -0.1) is 0 Å². The molecule has 2 rings (SSSR count). The number of benzene rings is 1.